The van der Waals surface area contributed by atoms with Gasteiger partial charge in [0.15, 0.2) is 0 Å². The molecule has 0 aliphatic heterocycles. The first-order chi connectivity index (χ1) is 9.31. The first kappa shape index (κ1) is 11.5. The third-order valence-corrected chi connectivity index (χ3v) is 2.91. The third kappa shape index (κ3) is 2.63. The van der Waals surface area contributed by atoms with Crippen LogP contribution in [0.2, 0.25) is 0 Å². The number of hydrogen-bond donors (Lipinski definition) is 0. The molecule has 0 amide bonds. The van der Waals surface area contributed by atoms with Gasteiger partial charge in [0.2, 0.25) is 0 Å². The van der Waals surface area contributed by atoms with Gasteiger partial charge in [0.1, 0.15) is 5.58 Å². The molecular formula is C17H12O2. The van der Waals surface area contributed by atoms with Crippen molar-refractivity contribution in [2.24, 2.45) is 0 Å². The Kier molecular flexibility index (Phi) is 2.99. The monoisotopic (exact) mass is 248 g/mol. The summed E-state index contributed by atoms with van der Waals surface area (Å²) in [6.45, 7) is 0. The van der Waals surface area contributed by atoms with Gasteiger partial charge < -0.3 is 4.42 Å². The Morgan fingerprint density at radius 1 is 0.789 bits per heavy atom. The fourth-order valence-electron chi connectivity index (χ4n) is 1.94. The highest BCUT2D eigenvalue weighted by atomic mass is 16.4. The number of hydrogen-bond acceptors (Lipinski definition) is 2. The van der Waals surface area contributed by atoms with Crippen molar-refractivity contribution in [3.8, 4) is 0 Å². The van der Waals surface area contributed by atoms with Crippen molar-refractivity contribution in [3.05, 3.63) is 82.2 Å². The van der Waals surface area contributed by atoms with Gasteiger partial charge in [-0.25, -0.2) is 4.79 Å². The van der Waals surface area contributed by atoms with Gasteiger partial charge in [-0.3, -0.25) is 0 Å². The number of rotatable bonds is 2. The Labute approximate surface area is 110 Å². The fourth-order valence-corrected chi connectivity index (χ4v) is 1.94. The molecule has 0 fully saturated rings. The minimum atomic E-state index is -0.323. The lowest BCUT2D eigenvalue weighted by molar-refractivity contribution is 0.561. The minimum Gasteiger partial charge on any atom is -0.423 e. The van der Waals surface area contributed by atoms with E-state index in [1.807, 2.05) is 60.7 Å². The highest BCUT2D eigenvalue weighted by Crippen LogP contribution is 2.16. The first-order valence-electron chi connectivity index (χ1n) is 6.08. The highest BCUT2D eigenvalue weighted by molar-refractivity contribution is 5.81. The second-order valence-electron chi connectivity index (χ2n) is 4.30. The molecule has 2 heteroatoms. The molecule has 0 aliphatic carbocycles. The Bertz CT molecular complexity index is 783. The molecule has 3 rings (SSSR count). The second kappa shape index (κ2) is 4.94. The van der Waals surface area contributed by atoms with Crippen LogP contribution in [-0.2, 0) is 0 Å². The molecule has 92 valence electrons. The van der Waals surface area contributed by atoms with Crippen LogP contribution in [-0.4, -0.2) is 0 Å². The van der Waals surface area contributed by atoms with Crippen molar-refractivity contribution in [2.75, 3.05) is 0 Å². The van der Waals surface area contributed by atoms with Crippen LogP contribution in [0.5, 0.6) is 0 Å². The van der Waals surface area contributed by atoms with Crippen molar-refractivity contribution in [2.45, 2.75) is 0 Å². The van der Waals surface area contributed by atoms with E-state index in [9.17, 15) is 4.79 Å². The molecule has 19 heavy (non-hydrogen) atoms. The van der Waals surface area contributed by atoms with Crippen LogP contribution in [0.15, 0.2) is 69.9 Å². The molecule has 0 saturated carbocycles. The summed E-state index contributed by atoms with van der Waals surface area (Å²) in [6.07, 6.45) is 4.03. The molecule has 1 aromatic heterocycles. The Morgan fingerprint density at radius 3 is 2.37 bits per heavy atom. The van der Waals surface area contributed by atoms with Crippen LogP contribution >= 0.6 is 0 Å². The van der Waals surface area contributed by atoms with E-state index in [1.165, 1.54) is 6.07 Å². The van der Waals surface area contributed by atoms with Crippen molar-refractivity contribution in [1.29, 1.82) is 0 Å². The first-order valence-corrected chi connectivity index (χ1v) is 6.08. The van der Waals surface area contributed by atoms with E-state index in [0.717, 1.165) is 16.5 Å². The maximum Gasteiger partial charge on any atom is 0.336 e. The van der Waals surface area contributed by atoms with Crippen molar-refractivity contribution >= 4 is 23.1 Å². The normalized spacial score (nSPS) is 11.2. The van der Waals surface area contributed by atoms with E-state index in [-0.39, 0.29) is 5.63 Å². The summed E-state index contributed by atoms with van der Waals surface area (Å²) in [5.74, 6) is 0. The van der Waals surface area contributed by atoms with E-state index >= 15 is 0 Å². The zero-order chi connectivity index (χ0) is 13.1. The summed E-state index contributed by atoms with van der Waals surface area (Å²) < 4.78 is 5.16. The van der Waals surface area contributed by atoms with E-state index in [1.54, 1.807) is 6.07 Å². The Balaban J connectivity index is 1.97. The lowest BCUT2D eigenvalue weighted by Crippen LogP contribution is -1.94. The van der Waals surface area contributed by atoms with Gasteiger partial charge in [-0.2, -0.15) is 0 Å². The van der Waals surface area contributed by atoms with Gasteiger partial charge in [-0.05, 0) is 23.3 Å². The quantitative estimate of drug-likeness (QED) is 0.507. The van der Waals surface area contributed by atoms with Crippen molar-refractivity contribution in [1.82, 2.24) is 0 Å². The van der Waals surface area contributed by atoms with Gasteiger partial charge in [0.25, 0.3) is 0 Å². The summed E-state index contributed by atoms with van der Waals surface area (Å²) in [4.78, 5) is 11.2. The van der Waals surface area contributed by atoms with E-state index < -0.39 is 0 Å². The molecule has 3 aromatic rings. The largest absolute Gasteiger partial charge is 0.423 e. The summed E-state index contributed by atoms with van der Waals surface area (Å²) in [7, 11) is 0. The summed E-state index contributed by atoms with van der Waals surface area (Å²) >= 11 is 0. The number of benzene rings is 2. The summed E-state index contributed by atoms with van der Waals surface area (Å²) in [5, 5.41) is 0.927. The van der Waals surface area contributed by atoms with Crippen LogP contribution < -0.4 is 5.63 Å². The van der Waals surface area contributed by atoms with Crippen molar-refractivity contribution in [3.63, 3.8) is 0 Å². The van der Waals surface area contributed by atoms with Gasteiger partial charge in [-0.15, -0.1) is 0 Å². The summed E-state index contributed by atoms with van der Waals surface area (Å²) in [5.41, 5.74) is 2.43. The van der Waals surface area contributed by atoms with Crippen LogP contribution in [0.1, 0.15) is 11.1 Å². The topological polar surface area (TPSA) is 30.2 Å². The molecular weight excluding hydrogens is 236 g/mol. The van der Waals surface area contributed by atoms with Gasteiger partial charge in [0, 0.05) is 11.5 Å². The van der Waals surface area contributed by atoms with E-state index in [0.29, 0.717) is 5.58 Å². The maximum absolute atomic E-state index is 11.2. The molecule has 2 nitrogen and oxygen atoms in total. The Hall–Kier alpha value is -2.61. The predicted molar refractivity (Wildman–Crippen MR) is 77.9 cm³/mol. The minimum absolute atomic E-state index is 0.323. The smallest absolute Gasteiger partial charge is 0.336 e. The van der Waals surface area contributed by atoms with Crippen LogP contribution in [0.4, 0.5) is 0 Å². The Morgan fingerprint density at radius 2 is 1.53 bits per heavy atom. The maximum atomic E-state index is 11.2. The molecule has 0 N–H and O–H groups in total. The third-order valence-electron chi connectivity index (χ3n) is 2.91. The predicted octanol–water partition coefficient (Wildman–Crippen LogP) is 3.96. The van der Waals surface area contributed by atoms with Crippen LogP contribution in [0.3, 0.4) is 0 Å². The number of fused-ring (bicyclic) bond motifs is 1. The standard InChI is InChI=1S/C17H12O2/c18-17-11-10-15-9-8-14(12-16(15)19-17)7-6-13-4-2-1-3-5-13/h1-12H. The van der Waals surface area contributed by atoms with Gasteiger partial charge in [-0.1, -0.05) is 54.6 Å². The molecule has 0 aliphatic rings. The fraction of sp³-hybridized carbons (Fsp3) is 0. The zero-order valence-corrected chi connectivity index (χ0v) is 10.2. The molecule has 0 spiro atoms. The van der Waals surface area contributed by atoms with Crippen LogP contribution in [0, 0.1) is 0 Å². The second-order valence-corrected chi connectivity index (χ2v) is 4.30. The molecule has 0 bridgehead atoms. The van der Waals surface area contributed by atoms with Gasteiger partial charge in [0.05, 0.1) is 0 Å². The summed E-state index contributed by atoms with van der Waals surface area (Å²) in [6, 6.07) is 19.1. The SMILES string of the molecule is O=c1ccc2ccc(C=Cc3ccccc3)cc2o1. The molecule has 0 unspecified atom stereocenters. The average Bonchev–Trinajstić information content (AvgIpc) is 2.46. The average molecular weight is 248 g/mol. The molecule has 2 aromatic carbocycles. The molecule has 1 heterocycles. The lowest BCUT2D eigenvalue weighted by atomic mass is 10.1. The van der Waals surface area contributed by atoms with Gasteiger partial charge >= 0.3 is 5.63 Å². The van der Waals surface area contributed by atoms with Crippen LogP contribution in [0.25, 0.3) is 23.1 Å². The lowest BCUT2D eigenvalue weighted by Gasteiger charge is -1.98. The molecule has 0 radical (unpaired) electrons. The highest BCUT2D eigenvalue weighted by Gasteiger charge is 1.97. The van der Waals surface area contributed by atoms with E-state index in [2.05, 4.69) is 0 Å². The zero-order valence-electron chi connectivity index (χ0n) is 10.2. The van der Waals surface area contributed by atoms with E-state index in [4.69, 9.17) is 4.42 Å². The van der Waals surface area contributed by atoms with Crippen molar-refractivity contribution < 1.29 is 4.42 Å². The molecule has 0 saturated heterocycles. The molecule has 0 atom stereocenters.